The summed E-state index contributed by atoms with van der Waals surface area (Å²) in [5.41, 5.74) is 4.55. The molecule has 0 aliphatic heterocycles. The van der Waals surface area contributed by atoms with E-state index in [-0.39, 0.29) is 11.7 Å². The third-order valence-corrected chi connectivity index (χ3v) is 4.23. The number of carbonyl (C=O) groups excluding carboxylic acids is 1. The number of benzene rings is 2. The second-order valence-corrected chi connectivity index (χ2v) is 6.56. The molecular weight excluding hydrogens is 340 g/mol. The van der Waals surface area contributed by atoms with Gasteiger partial charge in [-0.3, -0.25) is 9.78 Å². The molecule has 2 N–H and O–H groups in total. The normalized spacial score (nSPS) is 10.5. The van der Waals surface area contributed by atoms with E-state index in [4.69, 9.17) is 4.74 Å². The van der Waals surface area contributed by atoms with E-state index in [2.05, 4.69) is 10.3 Å². The Kier molecular flexibility index (Phi) is 5.41. The molecular formula is C22H22N2O3. The Balaban J connectivity index is 1.76. The third kappa shape index (κ3) is 4.44. The van der Waals surface area contributed by atoms with Crippen LogP contribution in [0.3, 0.4) is 0 Å². The lowest BCUT2D eigenvalue weighted by molar-refractivity contribution is 0.102. The van der Waals surface area contributed by atoms with Gasteiger partial charge in [-0.1, -0.05) is 12.1 Å². The molecule has 1 amide bonds. The van der Waals surface area contributed by atoms with Crippen molar-refractivity contribution in [1.82, 2.24) is 4.98 Å². The van der Waals surface area contributed by atoms with Crippen LogP contribution in [0, 0.1) is 20.8 Å². The summed E-state index contributed by atoms with van der Waals surface area (Å²) in [5.74, 6) is 0.529. The Bertz CT molecular complexity index is 946. The molecule has 0 unspecified atom stereocenters. The number of aromatic hydroxyl groups is 1. The fraction of sp³-hybridized carbons (Fsp3) is 0.182. The second kappa shape index (κ2) is 7.91. The van der Waals surface area contributed by atoms with Crippen LogP contribution < -0.4 is 10.1 Å². The van der Waals surface area contributed by atoms with Gasteiger partial charge in [0.25, 0.3) is 5.91 Å². The largest absolute Gasteiger partial charge is 0.506 e. The van der Waals surface area contributed by atoms with E-state index in [1.165, 1.54) is 0 Å². The number of carbonyl (C=O) groups is 1. The molecule has 3 aromatic rings. The number of rotatable bonds is 5. The predicted octanol–water partition coefficient (Wildman–Crippen LogP) is 4.54. The second-order valence-electron chi connectivity index (χ2n) is 6.56. The van der Waals surface area contributed by atoms with Crippen molar-refractivity contribution in [2.24, 2.45) is 0 Å². The van der Waals surface area contributed by atoms with E-state index in [1.54, 1.807) is 36.7 Å². The quantitative estimate of drug-likeness (QED) is 0.654. The highest BCUT2D eigenvalue weighted by Gasteiger charge is 2.14. The highest BCUT2D eigenvalue weighted by Crippen LogP contribution is 2.28. The highest BCUT2D eigenvalue weighted by atomic mass is 16.5. The zero-order chi connectivity index (χ0) is 19.4. The number of aryl methyl sites for hydroxylation is 3. The zero-order valence-electron chi connectivity index (χ0n) is 15.6. The van der Waals surface area contributed by atoms with E-state index in [0.717, 1.165) is 28.0 Å². The number of phenolic OH excluding ortho intramolecular Hbond substituents is 1. The minimum atomic E-state index is -0.279. The van der Waals surface area contributed by atoms with Crippen molar-refractivity contribution in [3.8, 4) is 11.5 Å². The Hall–Kier alpha value is -3.34. The molecule has 0 fully saturated rings. The molecule has 0 saturated heterocycles. The molecule has 0 aliphatic carbocycles. The summed E-state index contributed by atoms with van der Waals surface area (Å²) in [6, 6.07) is 12.5. The minimum absolute atomic E-state index is 0.0493. The Morgan fingerprint density at radius 3 is 2.48 bits per heavy atom. The van der Waals surface area contributed by atoms with Gasteiger partial charge in [0.2, 0.25) is 0 Å². The summed E-state index contributed by atoms with van der Waals surface area (Å²) < 4.78 is 5.93. The van der Waals surface area contributed by atoms with Gasteiger partial charge in [0, 0.05) is 23.5 Å². The molecule has 0 radical (unpaired) electrons. The first kappa shape index (κ1) is 18.5. The van der Waals surface area contributed by atoms with Crippen molar-refractivity contribution >= 4 is 11.6 Å². The Labute approximate surface area is 158 Å². The maximum atomic E-state index is 12.6. The number of aromatic nitrogens is 1. The van der Waals surface area contributed by atoms with Crippen LogP contribution >= 0.6 is 0 Å². The van der Waals surface area contributed by atoms with Gasteiger partial charge in [0.05, 0.1) is 5.69 Å². The summed E-state index contributed by atoms with van der Waals surface area (Å²) in [4.78, 5) is 16.7. The van der Waals surface area contributed by atoms with Crippen LogP contribution in [0.1, 0.15) is 32.6 Å². The molecule has 3 rings (SSSR count). The van der Waals surface area contributed by atoms with Crippen LogP contribution in [0.25, 0.3) is 0 Å². The first-order valence-corrected chi connectivity index (χ1v) is 8.68. The molecule has 138 valence electrons. The fourth-order valence-electron chi connectivity index (χ4n) is 2.89. The van der Waals surface area contributed by atoms with Crippen molar-refractivity contribution in [1.29, 1.82) is 0 Å². The number of hydrogen-bond acceptors (Lipinski definition) is 4. The maximum Gasteiger partial charge on any atom is 0.255 e. The predicted molar refractivity (Wildman–Crippen MR) is 105 cm³/mol. The molecule has 2 aromatic carbocycles. The Morgan fingerprint density at radius 2 is 1.85 bits per heavy atom. The van der Waals surface area contributed by atoms with Crippen LogP contribution in [-0.2, 0) is 6.61 Å². The molecule has 5 nitrogen and oxygen atoms in total. The standard InChI is InChI=1S/C22H22N2O3/c1-14-6-7-19(20(25)9-14)24-22(26)18-10-15(2)21(16(3)11-18)27-13-17-5-4-8-23-12-17/h4-12,25H,13H2,1-3H3,(H,24,26). The molecule has 1 aromatic heterocycles. The lowest BCUT2D eigenvalue weighted by atomic mass is 10.0. The summed E-state index contributed by atoms with van der Waals surface area (Å²) in [6.07, 6.45) is 3.49. The summed E-state index contributed by atoms with van der Waals surface area (Å²) in [6.45, 7) is 6.11. The van der Waals surface area contributed by atoms with E-state index in [9.17, 15) is 9.90 Å². The van der Waals surface area contributed by atoms with Gasteiger partial charge in [-0.05, 0) is 67.8 Å². The third-order valence-electron chi connectivity index (χ3n) is 4.23. The molecule has 27 heavy (non-hydrogen) atoms. The number of ether oxygens (including phenoxy) is 1. The number of phenols is 1. The van der Waals surface area contributed by atoms with Gasteiger partial charge in [0.15, 0.2) is 0 Å². The minimum Gasteiger partial charge on any atom is -0.506 e. The van der Waals surface area contributed by atoms with Crippen LogP contribution in [0.15, 0.2) is 54.9 Å². The van der Waals surface area contributed by atoms with Crippen molar-refractivity contribution < 1.29 is 14.6 Å². The first-order chi connectivity index (χ1) is 12.9. The molecule has 0 bridgehead atoms. The van der Waals surface area contributed by atoms with E-state index in [1.807, 2.05) is 39.0 Å². The van der Waals surface area contributed by atoms with Crippen molar-refractivity contribution in [3.05, 3.63) is 82.7 Å². The number of hydrogen-bond donors (Lipinski definition) is 2. The van der Waals surface area contributed by atoms with E-state index in [0.29, 0.717) is 17.9 Å². The maximum absolute atomic E-state index is 12.6. The number of nitrogens with one attached hydrogen (secondary N) is 1. The van der Waals surface area contributed by atoms with Crippen LogP contribution in [0.2, 0.25) is 0 Å². The monoisotopic (exact) mass is 362 g/mol. The van der Waals surface area contributed by atoms with Gasteiger partial charge in [-0.25, -0.2) is 0 Å². The first-order valence-electron chi connectivity index (χ1n) is 8.68. The summed E-state index contributed by atoms with van der Waals surface area (Å²) in [7, 11) is 0. The van der Waals surface area contributed by atoms with Gasteiger partial charge >= 0.3 is 0 Å². The number of pyridine rings is 1. The number of nitrogens with zero attached hydrogens (tertiary/aromatic N) is 1. The molecule has 5 heteroatoms. The van der Waals surface area contributed by atoms with Crippen molar-refractivity contribution in [2.45, 2.75) is 27.4 Å². The van der Waals surface area contributed by atoms with Gasteiger partial charge < -0.3 is 15.2 Å². The van der Waals surface area contributed by atoms with Gasteiger partial charge in [-0.2, -0.15) is 0 Å². The zero-order valence-corrected chi connectivity index (χ0v) is 15.6. The highest BCUT2D eigenvalue weighted by molar-refractivity contribution is 6.05. The van der Waals surface area contributed by atoms with Crippen LogP contribution in [0.5, 0.6) is 11.5 Å². The van der Waals surface area contributed by atoms with E-state index < -0.39 is 0 Å². The average molecular weight is 362 g/mol. The van der Waals surface area contributed by atoms with E-state index >= 15 is 0 Å². The Morgan fingerprint density at radius 1 is 1.11 bits per heavy atom. The molecule has 0 saturated carbocycles. The van der Waals surface area contributed by atoms with Gasteiger partial charge in [-0.15, -0.1) is 0 Å². The number of amides is 1. The summed E-state index contributed by atoms with van der Waals surface area (Å²) >= 11 is 0. The topological polar surface area (TPSA) is 71.5 Å². The number of anilines is 1. The van der Waals surface area contributed by atoms with Crippen LogP contribution in [0.4, 0.5) is 5.69 Å². The van der Waals surface area contributed by atoms with Crippen molar-refractivity contribution in [2.75, 3.05) is 5.32 Å². The van der Waals surface area contributed by atoms with Gasteiger partial charge in [0.1, 0.15) is 18.1 Å². The lowest BCUT2D eigenvalue weighted by Crippen LogP contribution is -2.13. The molecule has 0 spiro atoms. The van der Waals surface area contributed by atoms with Crippen molar-refractivity contribution in [3.63, 3.8) is 0 Å². The average Bonchev–Trinajstić information content (AvgIpc) is 2.64. The molecule has 1 heterocycles. The molecule has 0 atom stereocenters. The molecule has 0 aliphatic rings. The summed E-state index contributed by atoms with van der Waals surface area (Å²) in [5, 5.41) is 12.7. The fourth-order valence-corrected chi connectivity index (χ4v) is 2.89. The smallest absolute Gasteiger partial charge is 0.255 e. The SMILES string of the molecule is Cc1ccc(NC(=O)c2cc(C)c(OCc3cccnc3)c(C)c2)c(O)c1. The lowest BCUT2D eigenvalue weighted by Gasteiger charge is -2.14. The van der Waals surface area contributed by atoms with Crippen LogP contribution in [-0.4, -0.2) is 16.0 Å².